The van der Waals surface area contributed by atoms with Crippen LogP contribution >= 0.6 is 0 Å². The maximum Gasteiger partial charge on any atom is 0.377 e. The van der Waals surface area contributed by atoms with Gasteiger partial charge in [-0.05, 0) is 23.4 Å². The molecule has 2 aromatic rings. The summed E-state index contributed by atoms with van der Waals surface area (Å²) in [5.74, 6) is -2.90. The molecule has 7 heteroatoms. The highest BCUT2D eigenvalue weighted by Crippen LogP contribution is 2.21. The second-order valence-electron chi connectivity index (χ2n) is 3.03. The number of hydrogen-bond donors (Lipinski definition) is 1. The number of hydrogen-bond acceptors (Lipinski definition) is 5. The fourth-order valence-corrected chi connectivity index (χ4v) is 1.18. The molecule has 0 radical (unpaired) electrons. The highest BCUT2D eigenvalue weighted by molar-refractivity contribution is 5.83. The number of carboxylic acids is 1. The Bertz CT molecular complexity index is 630. The zero-order chi connectivity index (χ0) is 12.4. The zero-order valence-electron chi connectivity index (χ0n) is 8.22. The molecule has 0 aliphatic heterocycles. The van der Waals surface area contributed by atoms with Crippen LogP contribution in [0.5, 0.6) is 0 Å². The summed E-state index contributed by atoms with van der Waals surface area (Å²) in [4.78, 5) is 14.0. The van der Waals surface area contributed by atoms with Crippen LogP contribution in [0.4, 0.5) is 4.39 Å². The highest BCUT2D eigenvalue weighted by atomic mass is 19.1. The van der Waals surface area contributed by atoms with Crippen LogP contribution in [0.25, 0.3) is 11.5 Å². The third-order valence-electron chi connectivity index (χ3n) is 1.95. The van der Waals surface area contributed by atoms with Gasteiger partial charge in [-0.2, -0.15) is 10.2 Å². The molecule has 0 spiro atoms. The number of carboxylic acid groups (broad SMARTS) is 1. The van der Waals surface area contributed by atoms with Crippen molar-refractivity contribution < 1.29 is 18.8 Å². The van der Waals surface area contributed by atoms with Crippen LogP contribution in [0, 0.1) is 17.1 Å². The van der Waals surface area contributed by atoms with Crippen molar-refractivity contribution in [1.82, 2.24) is 10.1 Å². The Kier molecular flexibility index (Phi) is 2.54. The van der Waals surface area contributed by atoms with Gasteiger partial charge in [0, 0.05) is 0 Å². The number of rotatable bonds is 2. The lowest BCUT2D eigenvalue weighted by molar-refractivity contribution is 0.0680. The van der Waals surface area contributed by atoms with E-state index in [1.54, 1.807) is 6.07 Å². The van der Waals surface area contributed by atoms with Gasteiger partial charge in [-0.25, -0.2) is 9.18 Å². The summed E-state index contributed by atoms with van der Waals surface area (Å²) in [6, 6.07) is 5.40. The Labute approximate surface area is 93.9 Å². The van der Waals surface area contributed by atoms with Crippen LogP contribution in [0.1, 0.15) is 16.2 Å². The van der Waals surface area contributed by atoms with Gasteiger partial charge >= 0.3 is 5.97 Å². The fraction of sp³-hybridized carbons (Fsp3) is 0. The van der Waals surface area contributed by atoms with Crippen LogP contribution in [-0.4, -0.2) is 21.2 Å². The van der Waals surface area contributed by atoms with Crippen LogP contribution in [0.3, 0.4) is 0 Å². The van der Waals surface area contributed by atoms with Crippen LogP contribution < -0.4 is 0 Å². The Morgan fingerprint density at radius 2 is 2.29 bits per heavy atom. The summed E-state index contributed by atoms with van der Waals surface area (Å²) in [7, 11) is 0. The van der Waals surface area contributed by atoms with Crippen molar-refractivity contribution >= 4 is 5.97 Å². The standard InChI is InChI=1S/C10H4FN3O3/c11-7-3-5(4-12)1-2-6(7)9-13-8(10(15)16)14-17-9/h1-3H,(H,15,16). The van der Waals surface area contributed by atoms with Crippen LogP contribution in [0.15, 0.2) is 22.7 Å². The lowest BCUT2D eigenvalue weighted by Gasteiger charge is -1.96. The van der Waals surface area contributed by atoms with E-state index in [9.17, 15) is 9.18 Å². The van der Waals surface area contributed by atoms with Crippen molar-refractivity contribution in [1.29, 1.82) is 5.26 Å². The van der Waals surface area contributed by atoms with E-state index in [1.165, 1.54) is 12.1 Å². The van der Waals surface area contributed by atoms with E-state index >= 15 is 0 Å². The fourth-order valence-electron chi connectivity index (χ4n) is 1.18. The normalized spacial score (nSPS) is 9.88. The predicted molar refractivity (Wildman–Crippen MR) is 51.4 cm³/mol. The molecule has 0 fully saturated rings. The van der Waals surface area contributed by atoms with Gasteiger partial charge in [-0.3, -0.25) is 0 Å². The average Bonchev–Trinajstić information content (AvgIpc) is 2.78. The van der Waals surface area contributed by atoms with Gasteiger partial charge in [0.2, 0.25) is 0 Å². The molecular formula is C10H4FN3O3. The number of carbonyl (C=O) groups is 1. The quantitative estimate of drug-likeness (QED) is 0.842. The maximum absolute atomic E-state index is 13.5. The van der Waals surface area contributed by atoms with Crippen molar-refractivity contribution in [2.75, 3.05) is 0 Å². The molecule has 0 bridgehead atoms. The van der Waals surface area contributed by atoms with Crippen molar-refractivity contribution in [3.05, 3.63) is 35.4 Å². The summed E-state index contributed by atoms with van der Waals surface area (Å²) in [6.07, 6.45) is 0. The van der Waals surface area contributed by atoms with Gasteiger partial charge in [0.25, 0.3) is 11.7 Å². The second kappa shape index (κ2) is 4.02. The van der Waals surface area contributed by atoms with Crippen LogP contribution in [-0.2, 0) is 0 Å². The molecule has 1 aromatic carbocycles. The SMILES string of the molecule is N#Cc1ccc(-c2nc(C(=O)O)no2)c(F)c1. The molecule has 0 amide bonds. The first kappa shape index (κ1) is 10.8. The third-order valence-corrected chi connectivity index (χ3v) is 1.95. The largest absolute Gasteiger partial charge is 0.475 e. The van der Waals surface area contributed by atoms with Crippen molar-refractivity contribution in [3.8, 4) is 17.5 Å². The molecule has 1 N–H and O–H groups in total. The Balaban J connectivity index is 2.46. The van der Waals surface area contributed by atoms with Crippen molar-refractivity contribution in [2.24, 2.45) is 0 Å². The summed E-state index contributed by atoms with van der Waals surface area (Å²) < 4.78 is 18.1. The minimum atomic E-state index is -1.37. The topological polar surface area (TPSA) is 100 Å². The van der Waals surface area contributed by atoms with E-state index in [1.807, 2.05) is 0 Å². The number of halogens is 1. The second-order valence-corrected chi connectivity index (χ2v) is 3.03. The van der Waals surface area contributed by atoms with E-state index in [0.717, 1.165) is 6.07 Å². The van der Waals surface area contributed by atoms with Gasteiger partial charge < -0.3 is 9.63 Å². The van der Waals surface area contributed by atoms with Gasteiger partial charge in [0.15, 0.2) is 0 Å². The third kappa shape index (κ3) is 1.96. The molecule has 1 aromatic heterocycles. The first-order valence-corrected chi connectivity index (χ1v) is 4.39. The predicted octanol–water partition coefficient (Wildman–Crippen LogP) is 1.45. The minimum Gasteiger partial charge on any atom is -0.475 e. The molecule has 0 atom stereocenters. The molecule has 6 nitrogen and oxygen atoms in total. The number of aromatic nitrogens is 2. The minimum absolute atomic E-state index is 0.0519. The van der Waals surface area contributed by atoms with Crippen molar-refractivity contribution in [3.63, 3.8) is 0 Å². The van der Waals surface area contributed by atoms with Gasteiger partial charge in [-0.1, -0.05) is 0 Å². The lowest BCUT2D eigenvalue weighted by atomic mass is 10.1. The number of aromatic carboxylic acids is 1. The molecule has 0 saturated heterocycles. The van der Waals surface area contributed by atoms with Crippen molar-refractivity contribution in [2.45, 2.75) is 0 Å². The average molecular weight is 233 g/mol. The summed E-state index contributed by atoms with van der Waals surface area (Å²) in [6.45, 7) is 0. The first-order chi connectivity index (χ1) is 8.11. The molecule has 17 heavy (non-hydrogen) atoms. The van der Waals surface area contributed by atoms with Gasteiger partial charge in [-0.15, -0.1) is 0 Å². The Hall–Kier alpha value is -2.75. The first-order valence-electron chi connectivity index (χ1n) is 4.39. The molecule has 2 rings (SSSR count). The smallest absolute Gasteiger partial charge is 0.377 e. The number of nitrogens with zero attached hydrogens (tertiary/aromatic N) is 3. The van der Waals surface area contributed by atoms with E-state index in [0.29, 0.717) is 0 Å². The monoisotopic (exact) mass is 233 g/mol. The number of benzene rings is 1. The summed E-state index contributed by atoms with van der Waals surface area (Å²) >= 11 is 0. The molecular weight excluding hydrogens is 229 g/mol. The van der Waals surface area contributed by atoms with E-state index in [2.05, 4.69) is 14.7 Å². The molecule has 1 heterocycles. The Morgan fingerprint density at radius 3 is 2.82 bits per heavy atom. The highest BCUT2D eigenvalue weighted by Gasteiger charge is 2.17. The zero-order valence-corrected chi connectivity index (χ0v) is 8.22. The van der Waals surface area contributed by atoms with E-state index in [4.69, 9.17) is 10.4 Å². The van der Waals surface area contributed by atoms with Crippen LogP contribution in [0.2, 0.25) is 0 Å². The van der Waals surface area contributed by atoms with E-state index in [-0.39, 0.29) is 17.0 Å². The maximum atomic E-state index is 13.5. The molecule has 0 aliphatic carbocycles. The number of nitriles is 1. The lowest BCUT2D eigenvalue weighted by Crippen LogP contribution is -1.98. The molecule has 0 aliphatic rings. The Morgan fingerprint density at radius 1 is 1.53 bits per heavy atom. The summed E-state index contributed by atoms with van der Waals surface area (Å²) in [5, 5.41) is 20.3. The van der Waals surface area contributed by atoms with Gasteiger partial charge in [0.05, 0.1) is 17.2 Å². The molecule has 84 valence electrons. The summed E-state index contributed by atoms with van der Waals surface area (Å²) in [5.41, 5.74) is 0.0909. The van der Waals surface area contributed by atoms with Gasteiger partial charge in [0.1, 0.15) is 5.82 Å². The molecule has 0 unspecified atom stereocenters. The van der Waals surface area contributed by atoms with E-state index < -0.39 is 17.6 Å². The molecule has 0 saturated carbocycles.